The molecule has 1 aliphatic rings. The summed E-state index contributed by atoms with van der Waals surface area (Å²) in [5, 5.41) is 3.85. The number of amides is 1. The van der Waals surface area contributed by atoms with Gasteiger partial charge in [0.2, 0.25) is 5.91 Å². The maximum atomic E-state index is 12.7. The molecule has 3 aromatic rings. The van der Waals surface area contributed by atoms with Crippen LogP contribution in [-0.4, -0.2) is 17.0 Å². The molecule has 0 bridgehead atoms. The van der Waals surface area contributed by atoms with Crippen LogP contribution in [0.3, 0.4) is 0 Å². The first-order valence-electron chi connectivity index (χ1n) is 10.7. The topological polar surface area (TPSA) is 54.1 Å². The number of aromatic amines is 1. The highest BCUT2D eigenvalue weighted by molar-refractivity contribution is 6.02. The third kappa shape index (κ3) is 5.09. The Kier molecular flexibility index (Phi) is 5.69. The van der Waals surface area contributed by atoms with E-state index in [1.165, 1.54) is 0 Å². The Morgan fingerprint density at radius 1 is 1.09 bits per heavy atom. The normalized spacial score (nSPS) is 18.9. The molecule has 4 rings (SSSR count). The zero-order chi connectivity index (χ0) is 23.1. The van der Waals surface area contributed by atoms with Gasteiger partial charge in [-0.15, -0.1) is 0 Å². The van der Waals surface area contributed by atoms with Crippen LogP contribution >= 0.6 is 0 Å². The SMILES string of the molecule is CC(C)(C)CC(=O)Nc1c[nH]c2ccc(OC3CC(c4ccc(C(F)(F)F)cc4)C3)cc12. The van der Waals surface area contributed by atoms with Crippen molar-refractivity contribution in [3.8, 4) is 5.75 Å². The van der Waals surface area contributed by atoms with Gasteiger partial charge in [-0.25, -0.2) is 0 Å². The highest BCUT2D eigenvalue weighted by atomic mass is 19.4. The van der Waals surface area contributed by atoms with Crippen molar-refractivity contribution >= 4 is 22.5 Å². The second kappa shape index (κ2) is 8.19. The third-order valence-corrected chi connectivity index (χ3v) is 5.73. The number of carbonyl (C=O) groups is 1. The van der Waals surface area contributed by atoms with Crippen LogP contribution in [0.5, 0.6) is 5.75 Å². The molecular weight excluding hydrogens is 417 g/mol. The van der Waals surface area contributed by atoms with Gasteiger partial charge in [-0.1, -0.05) is 32.9 Å². The largest absolute Gasteiger partial charge is 0.490 e. The molecule has 1 amide bonds. The molecule has 0 saturated heterocycles. The number of halogens is 3. The number of hydrogen-bond donors (Lipinski definition) is 2. The Bertz CT molecular complexity index is 1100. The summed E-state index contributed by atoms with van der Waals surface area (Å²) in [5.74, 6) is 0.868. The van der Waals surface area contributed by atoms with Crippen LogP contribution in [0.25, 0.3) is 10.9 Å². The van der Waals surface area contributed by atoms with E-state index >= 15 is 0 Å². The number of benzene rings is 2. The maximum absolute atomic E-state index is 12.7. The predicted molar refractivity (Wildman–Crippen MR) is 119 cm³/mol. The van der Waals surface area contributed by atoms with Gasteiger partial charge in [0, 0.05) is 23.5 Å². The van der Waals surface area contributed by atoms with Crippen molar-refractivity contribution in [1.82, 2.24) is 4.98 Å². The molecule has 0 atom stereocenters. The minimum absolute atomic E-state index is 0.0117. The monoisotopic (exact) mass is 444 g/mol. The Morgan fingerprint density at radius 2 is 1.78 bits per heavy atom. The smallest absolute Gasteiger partial charge is 0.416 e. The van der Waals surface area contributed by atoms with Crippen molar-refractivity contribution in [2.75, 3.05) is 5.32 Å². The summed E-state index contributed by atoms with van der Waals surface area (Å²) in [7, 11) is 0. The van der Waals surface area contributed by atoms with E-state index in [-0.39, 0.29) is 23.3 Å². The summed E-state index contributed by atoms with van der Waals surface area (Å²) in [6, 6.07) is 11.1. The van der Waals surface area contributed by atoms with Crippen LogP contribution in [-0.2, 0) is 11.0 Å². The molecule has 0 spiro atoms. The van der Waals surface area contributed by atoms with E-state index in [1.54, 1.807) is 18.3 Å². The molecule has 1 fully saturated rings. The number of H-pyrrole nitrogens is 1. The quantitative estimate of drug-likeness (QED) is 0.450. The summed E-state index contributed by atoms with van der Waals surface area (Å²) >= 11 is 0. The first kappa shape index (κ1) is 22.2. The van der Waals surface area contributed by atoms with Gasteiger partial charge in [-0.3, -0.25) is 4.79 Å². The fourth-order valence-electron chi connectivity index (χ4n) is 4.02. The van der Waals surface area contributed by atoms with Gasteiger partial charge < -0.3 is 15.0 Å². The summed E-state index contributed by atoms with van der Waals surface area (Å²) in [4.78, 5) is 15.5. The summed E-state index contributed by atoms with van der Waals surface area (Å²) in [6.07, 6.45) is -0.594. The standard InChI is InChI=1S/C25H27F3N2O2/c1-24(2,3)13-23(31)30-22-14-29-21-9-8-18(12-20(21)22)32-19-10-16(11-19)15-4-6-17(7-5-15)25(26,27)28/h4-9,12,14,16,19,29H,10-11,13H2,1-3H3,(H,30,31). The van der Waals surface area contributed by atoms with Crippen molar-refractivity contribution in [2.24, 2.45) is 5.41 Å². The van der Waals surface area contributed by atoms with Crippen molar-refractivity contribution < 1.29 is 22.7 Å². The van der Waals surface area contributed by atoms with E-state index in [0.717, 1.165) is 47.1 Å². The Labute approximate surface area is 185 Å². The van der Waals surface area contributed by atoms with E-state index < -0.39 is 11.7 Å². The third-order valence-electron chi connectivity index (χ3n) is 5.73. The first-order chi connectivity index (χ1) is 15.0. The van der Waals surface area contributed by atoms with E-state index in [0.29, 0.717) is 12.2 Å². The molecule has 1 heterocycles. The van der Waals surface area contributed by atoms with Crippen LogP contribution < -0.4 is 10.1 Å². The van der Waals surface area contributed by atoms with E-state index in [9.17, 15) is 18.0 Å². The van der Waals surface area contributed by atoms with Gasteiger partial charge in [-0.05, 0) is 60.1 Å². The van der Waals surface area contributed by atoms with Crippen molar-refractivity contribution in [3.05, 3.63) is 59.8 Å². The Balaban J connectivity index is 1.38. The number of aromatic nitrogens is 1. The molecule has 4 nitrogen and oxygen atoms in total. The van der Waals surface area contributed by atoms with Crippen LogP contribution in [0.15, 0.2) is 48.7 Å². The number of fused-ring (bicyclic) bond motifs is 1. The van der Waals surface area contributed by atoms with Gasteiger partial charge >= 0.3 is 6.18 Å². The second-order valence-electron chi connectivity index (χ2n) is 9.72. The predicted octanol–water partition coefficient (Wildman–Crippen LogP) is 6.89. The first-order valence-corrected chi connectivity index (χ1v) is 10.7. The number of anilines is 1. The van der Waals surface area contributed by atoms with Gasteiger partial charge in [0.15, 0.2) is 0 Å². The number of hydrogen-bond acceptors (Lipinski definition) is 2. The average Bonchev–Trinajstić information content (AvgIpc) is 3.04. The van der Waals surface area contributed by atoms with Gasteiger partial charge in [-0.2, -0.15) is 13.2 Å². The minimum atomic E-state index is -4.31. The van der Waals surface area contributed by atoms with Crippen molar-refractivity contribution in [1.29, 1.82) is 0 Å². The molecule has 0 unspecified atom stereocenters. The van der Waals surface area contributed by atoms with Gasteiger partial charge in [0.05, 0.1) is 17.4 Å². The number of ether oxygens (including phenoxy) is 1. The zero-order valence-corrected chi connectivity index (χ0v) is 18.3. The zero-order valence-electron chi connectivity index (χ0n) is 18.3. The number of nitrogens with one attached hydrogen (secondary N) is 2. The fourth-order valence-corrected chi connectivity index (χ4v) is 4.02. The van der Waals surface area contributed by atoms with Crippen molar-refractivity contribution in [3.63, 3.8) is 0 Å². The molecule has 170 valence electrons. The molecular formula is C25H27F3N2O2. The Hall–Kier alpha value is -2.96. The highest BCUT2D eigenvalue weighted by Crippen LogP contribution is 2.41. The van der Waals surface area contributed by atoms with E-state index in [2.05, 4.69) is 10.3 Å². The number of carbonyl (C=O) groups excluding carboxylic acids is 1. The van der Waals surface area contributed by atoms with Crippen LogP contribution in [0.2, 0.25) is 0 Å². The van der Waals surface area contributed by atoms with Crippen LogP contribution in [0.1, 0.15) is 57.1 Å². The number of rotatable bonds is 5. The lowest BCUT2D eigenvalue weighted by molar-refractivity contribution is -0.137. The summed E-state index contributed by atoms with van der Waals surface area (Å²) in [6.45, 7) is 6.05. The average molecular weight is 444 g/mol. The second-order valence-corrected chi connectivity index (χ2v) is 9.72. The maximum Gasteiger partial charge on any atom is 0.416 e. The Morgan fingerprint density at radius 3 is 2.41 bits per heavy atom. The summed E-state index contributed by atoms with van der Waals surface area (Å²) in [5.41, 5.74) is 1.80. The lowest BCUT2D eigenvalue weighted by Crippen LogP contribution is -2.32. The fraction of sp³-hybridized carbons (Fsp3) is 0.400. The lowest BCUT2D eigenvalue weighted by Gasteiger charge is -2.35. The lowest BCUT2D eigenvalue weighted by atomic mass is 9.77. The summed E-state index contributed by atoms with van der Waals surface area (Å²) < 4.78 is 44.3. The van der Waals surface area contributed by atoms with E-state index in [4.69, 9.17) is 4.74 Å². The van der Waals surface area contributed by atoms with Crippen molar-refractivity contribution in [2.45, 2.75) is 58.2 Å². The molecule has 32 heavy (non-hydrogen) atoms. The molecule has 7 heteroatoms. The molecule has 0 radical (unpaired) electrons. The highest BCUT2D eigenvalue weighted by Gasteiger charge is 2.34. The molecule has 2 aromatic carbocycles. The molecule has 1 aromatic heterocycles. The number of alkyl halides is 3. The van der Waals surface area contributed by atoms with Crippen LogP contribution in [0, 0.1) is 5.41 Å². The molecule has 1 aliphatic carbocycles. The minimum Gasteiger partial charge on any atom is -0.490 e. The molecule has 0 aliphatic heterocycles. The van der Waals surface area contributed by atoms with Gasteiger partial charge in [0.25, 0.3) is 0 Å². The van der Waals surface area contributed by atoms with Crippen LogP contribution in [0.4, 0.5) is 18.9 Å². The molecule has 2 N–H and O–H groups in total. The molecule has 1 saturated carbocycles. The van der Waals surface area contributed by atoms with Gasteiger partial charge in [0.1, 0.15) is 5.75 Å². The van der Waals surface area contributed by atoms with E-state index in [1.807, 2.05) is 39.0 Å².